The van der Waals surface area contributed by atoms with E-state index in [0.29, 0.717) is 93.6 Å². The van der Waals surface area contributed by atoms with E-state index in [-0.39, 0.29) is 34.7 Å². The van der Waals surface area contributed by atoms with Gasteiger partial charge in [0.05, 0.1) is 56.4 Å². The summed E-state index contributed by atoms with van der Waals surface area (Å²) in [7, 11) is 2.75. The van der Waals surface area contributed by atoms with Gasteiger partial charge in [-0.25, -0.2) is 17.6 Å². The van der Waals surface area contributed by atoms with Gasteiger partial charge < -0.3 is 38.8 Å². The fourth-order valence-corrected chi connectivity index (χ4v) is 12.4. The molecule has 0 saturated heterocycles. The number of hydrogen-bond acceptors (Lipinski definition) is 10. The molecule has 0 spiro atoms. The zero-order valence-corrected chi connectivity index (χ0v) is 40.4. The maximum atomic E-state index is 14.7. The summed E-state index contributed by atoms with van der Waals surface area (Å²) in [5, 5.41) is 25.1. The number of amides is 4. The van der Waals surface area contributed by atoms with Gasteiger partial charge in [-0.1, -0.05) is 6.08 Å². The van der Waals surface area contributed by atoms with Gasteiger partial charge in [0.1, 0.15) is 47.7 Å². The van der Waals surface area contributed by atoms with Crippen LogP contribution in [-0.2, 0) is 19.1 Å². The summed E-state index contributed by atoms with van der Waals surface area (Å²) in [6.07, 6.45) is -0.0460. The smallest absolute Gasteiger partial charge is 0.303 e. The molecule has 10 aromatic rings. The minimum absolute atomic E-state index is 0.0262. The predicted octanol–water partition coefficient (Wildman–Crippen LogP) is 8.90. The molecule has 4 aromatic heterocycles. The quantitative estimate of drug-likeness (QED) is 0.0569. The summed E-state index contributed by atoms with van der Waals surface area (Å²) < 4.78 is 72.3. The van der Waals surface area contributed by atoms with Crippen molar-refractivity contribution in [1.29, 1.82) is 0 Å². The molecule has 14 rings (SSSR count). The molecule has 76 heavy (non-hydrogen) atoms. The Hall–Kier alpha value is -8.88. The number of carbonyl (C=O) groups is 6. The number of aliphatic hydroxyl groups excluding tert-OH is 2. The maximum absolute atomic E-state index is 14.7. The van der Waals surface area contributed by atoms with E-state index < -0.39 is 89.3 Å². The third kappa shape index (κ3) is 6.43. The first-order chi connectivity index (χ1) is 36.3. The Labute approximate surface area is 424 Å². The molecule has 16 nitrogen and oxygen atoms in total. The molecule has 0 radical (unpaired) electrons. The van der Waals surface area contributed by atoms with Crippen LogP contribution in [0.3, 0.4) is 0 Å². The van der Waals surface area contributed by atoms with Crippen molar-refractivity contribution in [1.82, 2.24) is 28.9 Å². The summed E-state index contributed by atoms with van der Waals surface area (Å²) in [5.74, 6) is -5.26. The predicted molar refractivity (Wildman–Crippen MR) is 270 cm³/mol. The number of esters is 2. The number of rotatable bonds is 4. The summed E-state index contributed by atoms with van der Waals surface area (Å²) in [6, 6.07) is 15.5. The number of fused-ring (bicyclic) bond motifs is 20. The number of benzene rings is 6. The fraction of sp³-hybridized carbons (Fsp3) is 0.214. The van der Waals surface area contributed by atoms with Crippen LogP contribution in [0, 0.1) is 23.3 Å². The van der Waals surface area contributed by atoms with Gasteiger partial charge in [-0.2, -0.15) is 0 Å². The first-order valence-electron chi connectivity index (χ1n) is 24.2. The molecule has 6 heterocycles. The SMILES string of the molecule is CC(=O)O[C@@H]1C=CC(n2c3ccc(F)cc3c3c4c(c5c6cc(F)ccc6[nH]c5c32)C(=O)N(C)C4=O)C1.CC(=O)O[C@H]1CC(n2c3ccc(F)cc3c3c4c(c5c6cc(F)ccc6[nH]c5c32)C(=O)N(C)C4=O)[C@H](O)[C@@H]1O. The maximum Gasteiger partial charge on any atom is 0.303 e. The third-order valence-corrected chi connectivity index (χ3v) is 15.4. The fourth-order valence-electron chi connectivity index (χ4n) is 12.4. The molecule has 6 aromatic carbocycles. The zero-order chi connectivity index (χ0) is 53.2. The van der Waals surface area contributed by atoms with Crippen molar-refractivity contribution in [2.24, 2.45) is 0 Å². The molecule has 2 aliphatic heterocycles. The zero-order valence-electron chi connectivity index (χ0n) is 40.4. The first kappa shape index (κ1) is 46.9. The molecule has 2 aliphatic carbocycles. The van der Waals surface area contributed by atoms with Crippen LogP contribution < -0.4 is 0 Å². The Morgan fingerprint density at radius 1 is 0.539 bits per heavy atom. The number of ether oxygens (including phenoxy) is 2. The molecule has 4 N–H and O–H groups in total. The molecular formula is C56H40F4N6O10. The third-order valence-electron chi connectivity index (χ3n) is 15.4. The average molecular weight is 1030 g/mol. The number of nitrogens with zero attached hydrogens (tertiary/aromatic N) is 4. The highest BCUT2D eigenvalue weighted by Gasteiger charge is 2.47. The highest BCUT2D eigenvalue weighted by molar-refractivity contribution is 6.40. The number of imide groups is 2. The standard InChI is InChI=1S/C28H21F2N3O6.C28H19F2N3O4/c1-10(34)39-18-9-17(25(35)26(18)36)33-16-6-4-12(30)8-14(16)20-22-21(27(37)32(2)28(22)38)19-13-7-11(29)3-5-15(13)31-23(19)24(20)33;1-12(34)37-16-6-5-15(11-16)33-20-8-4-14(30)10-18(20)22-24-23(27(35)32(2)28(24)36)21-17-9-13(29)3-7-19(17)31-25(21)26(22)33/h3-8,17-18,25-26,31,35-36H,9H2,1-2H3;3-10,15-16,31H,11H2,1-2H3/t17?,18-,25-,26+;15?,16-/m01/s1. The molecule has 382 valence electrons. The number of nitrogens with one attached hydrogen (secondary N) is 2. The van der Waals surface area contributed by atoms with Gasteiger partial charge in [0.15, 0.2) is 0 Å². The average Bonchev–Trinajstić information content (AvgIpc) is 4.47. The topological polar surface area (TPSA) is 209 Å². The Morgan fingerprint density at radius 2 is 0.961 bits per heavy atom. The molecule has 1 saturated carbocycles. The number of allylic oxidation sites excluding steroid dienone is 1. The van der Waals surface area contributed by atoms with Crippen LogP contribution in [0.15, 0.2) is 84.9 Å². The van der Waals surface area contributed by atoms with Crippen LogP contribution in [0.1, 0.15) is 80.2 Å². The van der Waals surface area contributed by atoms with E-state index in [4.69, 9.17) is 9.47 Å². The second kappa shape index (κ2) is 16.3. The lowest BCUT2D eigenvalue weighted by molar-refractivity contribution is -0.152. The van der Waals surface area contributed by atoms with Crippen molar-refractivity contribution in [2.75, 3.05) is 14.1 Å². The highest BCUT2D eigenvalue weighted by Crippen LogP contribution is 2.50. The number of aromatic amines is 2. The monoisotopic (exact) mass is 1030 g/mol. The van der Waals surface area contributed by atoms with E-state index in [1.807, 2.05) is 10.6 Å². The Balaban J connectivity index is 0.000000146. The van der Waals surface area contributed by atoms with Gasteiger partial charge >= 0.3 is 11.9 Å². The van der Waals surface area contributed by atoms with Crippen molar-refractivity contribution in [3.05, 3.63) is 130 Å². The lowest BCUT2D eigenvalue weighted by atomic mass is 9.96. The van der Waals surface area contributed by atoms with Gasteiger partial charge in [-0.3, -0.25) is 38.6 Å². The van der Waals surface area contributed by atoms with Crippen molar-refractivity contribution >= 4 is 123 Å². The number of halogens is 4. The van der Waals surface area contributed by atoms with Crippen LogP contribution >= 0.6 is 0 Å². The van der Waals surface area contributed by atoms with E-state index >= 15 is 0 Å². The van der Waals surface area contributed by atoms with Crippen molar-refractivity contribution in [3.8, 4) is 0 Å². The molecule has 1 fully saturated rings. The van der Waals surface area contributed by atoms with Gasteiger partial charge in [0.25, 0.3) is 23.6 Å². The molecule has 2 unspecified atom stereocenters. The van der Waals surface area contributed by atoms with E-state index in [1.54, 1.807) is 22.8 Å². The first-order valence-corrected chi connectivity index (χ1v) is 24.2. The number of aliphatic hydroxyl groups is 2. The number of carbonyl (C=O) groups excluding carboxylic acids is 6. The molecule has 20 heteroatoms. The molecule has 4 amide bonds. The number of aromatic nitrogens is 4. The van der Waals surface area contributed by atoms with Crippen molar-refractivity contribution in [3.63, 3.8) is 0 Å². The molecule has 6 atom stereocenters. The van der Waals surface area contributed by atoms with E-state index in [1.165, 1.54) is 88.6 Å². The van der Waals surface area contributed by atoms with Gasteiger partial charge in [-0.15, -0.1) is 0 Å². The van der Waals surface area contributed by atoms with E-state index in [2.05, 4.69) is 9.97 Å². The van der Waals surface area contributed by atoms with Crippen LogP contribution in [0.4, 0.5) is 17.6 Å². The molecule has 4 aliphatic rings. The Morgan fingerprint density at radius 3 is 1.43 bits per heavy atom. The second-order valence-electron chi connectivity index (χ2n) is 19.7. The van der Waals surface area contributed by atoms with Crippen LogP contribution in [0.5, 0.6) is 0 Å². The van der Waals surface area contributed by atoms with Crippen molar-refractivity contribution in [2.45, 2.75) is 63.2 Å². The lowest BCUT2D eigenvalue weighted by Crippen LogP contribution is -2.33. The summed E-state index contributed by atoms with van der Waals surface area (Å²) >= 11 is 0. The number of hydrogen-bond donors (Lipinski definition) is 4. The molecular weight excluding hydrogens is 993 g/mol. The van der Waals surface area contributed by atoms with E-state index in [0.717, 1.165) is 9.80 Å². The highest BCUT2D eigenvalue weighted by atomic mass is 19.1. The normalized spacial score (nSPS) is 21.3. The van der Waals surface area contributed by atoms with Crippen molar-refractivity contribution < 1.29 is 66.0 Å². The van der Waals surface area contributed by atoms with Gasteiger partial charge in [0, 0.05) is 106 Å². The summed E-state index contributed by atoms with van der Waals surface area (Å²) in [4.78, 5) is 85.5. The Kier molecular flexibility index (Phi) is 10.1. The summed E-state index contributed by atoms with van der Waals surface area (Å²) in [6.45, 7) is 2.55. The minimum atomic E-state index is -1.40. The minimum Gasteiger partial charge on any atom is -0.460 e. The van der Waals surface area contributed by atoms with E-state index in [9.17, 15) is 56.5 Å². The second-order valence-corrected chi connectivity index (χ2v) is 19.7. The lowest BCUT2D eigenvalue weighted by Gasteiger charge is -2.20. The van der Waals surface area contributed by atoms with Crippen LogP contribution in [0.2, 0.25) is 0 Å². The molecule has 0 bridgehead atoms. The van der Waals surface area contributed by atoms with Gasteiger partial charge in [0.2, 0.25) is 0 Å². The number of H-pyrrole nitrogens is 2. The van der Waals surface area contributed by atoms with Crippen LogP contribution in [-0.4, -0.2) is 113 Å². The Bertz CT molecular complexity index is 4420. The largest absolute Gasteiger partial charge is 0.460 e. The summed E-state index contributed by atoms with van der Waals surface area (Å²) in [5.41, 5.74) is 4.57. The van der Waals surface area contributed by atoms with Crippen LogP contribution in [0.25, 0.3) is 87.2 Å². The van der Waals surface area contributed by atoms with Gasteiger partial charge in [-0.05, 0) is 78.9 Å².